The lowest BCUT2D eigenvalue weighted by Gasteiger charge is -2.14. The number of thiocarbonyl (C=S) groups is 1. The first-order chi connectivity index (χ1) is 15.6. The van der Waals surface area contributed by atoms with Crippen molar-refractivity contribution in [3.8, 4) is 0 Å². The number of aryl methyl sites for hydroxylation is 2. The van der Waals surface area contributed by atoms with Gasteiger partial charge in [0, 0.05) is 17.8 Å². The second kappa shape index (κ2) is 10.5. The number of benzene rings is 3. The first-order valence-corrected chi connectivity index (χ1v) is 10.4. The second-order valence-corrected chi connectivity index (χ2v) is 7.90. The lowest BCUT2D eigenvalue weighted by molar-refractivity contribution is 0.102. The highest BCUT2D eigenvalue weighted by molar-refractivity contribution is 7.80. The first-order valence-electron chi connectivity index (χ1n) is 10.0. The van der Waals surface area contributed by atoms with Crippen LogP contribution in [0.3, 0.4) is 0 Å². The number of amides is 1. The van der Waals surface area contributed by atoms with Crippen molar-refractivity contribution in [2.45, 2.75) is 20.4 Å². The third kappa shape index (κ3) is 6.35. The maximum absolute atomic E-state index is 14.5. The average molecular weight is 469 g/mol. The van der Waals surface area contributed by atoms with Crippen LogP contribution in [0, 0.1) is 25.5 Å². The van der Waals surface area contributed by atoms with E-state index in [2.05, 4.69) is 16.0 Å². The molecule has 1 amide bonds. The van der Waals surface area contributed by atoms with E-state index in [9.17, 15) is 13.6 Å². The summed E-state index contributed by atoms with van der Waals surface area (Å²) in [5, 5.41) is 26.8. The van der Waals surface area contributed by atoms with Crippen molar-refractivity contribution < 1.29 is 23.6 Å². The summed E-state index contributed by atoms with van der Waals surface area (Å²) in [4.78, 5) is 12.7. The molecule has 0 saturated heterocycles. The predicted octanol–water partition coefficient (Wildman–Crippen LogP) is 3.00. The Bertz CT molecular complexity index is 1190. The fraction of sp³-hybridized carbons (Fsp3) is 0.130. The van der Waals surface area contributed by atoms with Gasteiger partial charge in [-0.25, -0.2) is 8.78 Å². The summed E-state index contributed by atoms with van der Waals surface area (Å²) in [7, 11) is -1.54. The fourth-order valence-corrected chi connectivity index (χ4v) is 3.27. The Hall–Kier alpha value is -3.34. The lowest BCUT2D eigenvalue weighted by atomic mass is 9.80. The van der Waals surface area contributed by atoms with Gasteiger partial charge >= 0.3 is 7.12 Å². The highest BCUT2D eigenvalue weighted by Crippen LogP contribution is 2.22. The van der Waals surface area contributed by atoms with Crippen molar-refractivity contribution in [3.63, 3.8) is 0 Å². The van der Waals surface area contributed by atoms with E-state index in [-0.39, 0.29) is 22.2 Å². The topological polar surface area (TPSA) is 93.6 Å². The maximum atomic E-state index is 14.5. The fourth-order valence-electron chi connectivity index (χ4n) is 3.09. The Morgan fingerprint density at radius 1 is 0.939 bits per heavy atom. The van der Waals surface area contributed by atoms with Gasteiger partial charge < -0.3 is 26.0 Å². The summed E-state index contributed by atoms with van der Waals surface area (Å²) in [5.41, 5.74) is 2.70. The Balaban J connectivity index is 1.67. The van der Waals surface area contributed by atoms with Gasteiger partial charge in [-0.1, -0.05) is 24.3 Å². The standard InChI is InChI=1S/C23H22BF2N3O3S/c1-13-10-20(26)21(11-18(13)22(30)28-17-7-8-19(25)14(2)9-17)29-23(33)27-12-15-3-5-16(6-4-15)24(31)32/h3-11,31-32H,12H2,1-2H3,(H,28,30)(H2,27,29,33). The average Bonchev–Trinajstić information content (AvgIpc) is 2.77. The van der Waals surface area contributed by atoms with Crippen LogP contribution >= 0.6 is 12.2 Å². The van der Waals surface area contributed by atoms with Crippen LogP contribution in [0.2, 0.25) is 0 Å². The SMILES string of the molecule is Cc1cc(NC(=O)c2cc(NC(=S)NCc3ccc(B(O)O)cc3)c(F)cc2C)ccc1F. The highest BCUT2D eigenvalue weighted by Gasteiger charge is 2.15. The Morgan fingerprint density at radius 2 is 1.64 bits per heavy atom. The zero-order valence-electron chi connectivity index (χ0n) is 17.9. The third-order valence-electron chi connectivity index (χ3n) is 4.95. The minimum absolute atomic E-state index is 0.0253. The van der Waals surface area contributed by atoms with Gasteiger partial charge in [0.2, 0.25) is 0 Å². The number of hydrogen-bond acceptors (Lipinski definition) is 4. The maximum Gasteiger partial charge on any atom is 0.488 e. The van der Waals surface area contributed by atoms with Crippen LogP contribution in [0.4, 0.5) is 20.2 Å². The van der Waals surface area contributed by atoms with Crippen molar-refractivity contribution in [1.29, 1.82) is 0 Å². The van der Waals surface area contributed by atoms with Gasteiger partial charge in [-0.05, 0) is 78.6 Å². The van der Waals surface area contributed by atoms with Crippen molar-refractivity contribution in [2.24, 2.45) is 0 Å². The van der Waals surface area contributed by atoms with Crippen LogP contribution in [0.1, 0.15) is 27.0 Å². The molecule has 0 atom stereocenters. The smallest absolute Gasteiger partial charge is 0.423 e. The number of rotatable bonds is 6. The molecule has 5 N–H and O–H groups in total. The summed E-state index contributed by atoms with van der Waals surface area (Å²) >= 11 is 5.23. The molecule has 0 aromatic heterocycles. The number of halogens is 2. The molecule has 3 rings (SSSR count). The summed E-state index contributed by atoms with van der Waals surface area (Å²) < 4.78 is 28.0. The quantitative estimate of drug-likeness (QED) is 0.282. The number of carbonyl (C=O) groups is 1. The second-order valence-electron chi connectivity index (χ2n) is 7.49. The molecular formula is C23H22BF2N3O3S. The van der Waals surface area contributed by atoms with Gasteiger partial charge in [-0.2, -0.15) is 0 Å². The molecule has 0 aliphatic rings. The minimum Gasteiger partial charge on any atom is -0.423 e. The zero-order valence-corrected chi connectivity index (χ0v) is 18.8. The summed E-state index contributed by atoms with van der Waals surface area (Å²) in [6.45, 7) is 3.52. The Labute approximate surface area is 195 Å². The molecule has 0 unspecified atom stereocenters. The lowest BCUT2D eigenvalue weighted by Crippen LogP contribution is -2.30. The van der Waals surface area contributed by atoms with E-state index in [1.807, 2.05) is 0 Å². The zero-order chi connectivity index (χ0) is 24.1. The van der Waals surface area contributed by atoms with E-state index in [0.717, 1.165) is 5.56 Å². The van der Waals surface area contributed by atoms with Crippen LogP contribution in [-0.2, 0) is 6.54 Å². The van der Waals surface area contributed by atoms with Crippen LogP contribution in [0.15, 0.2) is 54.6 Å². The minimum atomic E-state index is -1.54. The molecule has 0 fully saturated rings. The van der Waals surface area contributed by atoms with E-state index < -0.39 is 18.8 Å². The molecule has 3 aromatic carbocycles. The molecular weight excluding hydrogens is 447 g/mol. The molecule has 0 heterocycles. The van der Waals surface area contributed by atoms with Crippen LogP contribution in [0.25, 0.3) is 0 Å². The normalized spacial score (nSPS) is 10.5. The van der Waals surface area contributed by atoms with E-state index in [1.165, 1.54) is 30.3 Å². The largest absolute Gasteiger partial charge is 0.488 e. The molecule has 0 radical (unpaired) electrons. The molecule has 33 heavy (non-hydrogen) atoms. The Morgan fingerprint density at radius 3 is 2.27 bits per heavy atom. The van der Waals surface area contributed by atoms with E-state index in [4.69, 9.17) is 22.3 Å². The van der Waals surface area contributed by atoms with Gasteiger partial charge in [-0.3, -0.25) is 4.79 Å². The van der Waals surface area contributed by atoms with Crippen molar-refractivity contribution in [2.75, 3.05) is 10.6 Å². The number of hydrogen-bond donors (Lipinski definition) is 5. The molecule has 0 aliphatic carbocycles. The van der Waals surface area contributed by atoms with Gasteiger partial charge in [0.25, 0.3) is 5.91 Å². The molecule has 10 heteroatoms. The summed E-state index contributed by atoms with van der Waals surface area (Å²) in [6, 6.07) is 13.4. The molecule has 0 aliphatic heterocycles. The molecule has 170 valence electrons. The van der Waals surface area contributed by atoms with Crippen molar-refractivity contribution in [3.05, 3.63) is 88.5 Å². The number of carbonyl (C=O) groups excluding carboxylic acids is 1. The first kappa shape index (κ1) is 24.3. The van der Waals surface area contributed by atoms with E-state index >= 15 is 0 Å². The molecule has 0 spiro atoms. The molecule has 3 aromatic rings. The predicted molar refractivity (Wildman–Crippen MR) is 130 cm³/mol. The van der Waals surface area contributed by atoms with Gasteiger partial charge in [-0.15, -0.1) is 0 Å². The Kier molecular flexibility index (Phi) is 7.75. The highest BCUT2D eigenvalue weighted by atomic mass is 32.1. The number of anilines is 2. The molecule has 0 saturated carbocycles. The van der Waals surface area contributed by atoms with Crippen LogP contribution < -0.4 is 21.4 Å². The van der Waals surface area contributed by atoms with Crippen LogP contribution in [0.5, 0.6) is 0 Å². The monoisotopic (exact) mass is 469 g/mol. The van der Waals surface area contributed by atoms with Crippen molar-refractivity contribution >= 4 is 47.2 Å². The van der Waals surface area contributed by atoms with Gasteiger partial charge in [0.05, 0.1) is 5.69 Å². The molecule has 6 nitrogen and oxygen atoms in total. The van der Waals surface area contributed by atoms with E-state index in [1.54, 1.807) is 38.1 Å². The molecule has 0 bridgehead atoms. The van der Waals surface area contributed by atoms with Crippen molar-refractivity contribution in [1.82, 2.24) is 5.32 Å². The van der Waals surface area contributed by atoms with E-state index in [0.29, 0.717) is 28.8 Å². The van der Waals surface area contributed by atoms with Crippen LogP contribution in [-0.4, -0.2) is 28.2 Å². The number of nitrogens with one attached hydrogen (secondary N) is 3. The summed E-state index contributed by atoms with van der Waals surface area (Å²) in [5.74, 6) is -1.42. The van der Waals surface area contributed by atoms with Gasteiger partial charge in [0.1, 0.15) is 11.6 Å². The third-order valence-corrected chi connectivity index (χ3v) is 5.20. The van der Waals surface area contributed by atoms with Gasteiger partial charge in [0.15, 0.2) is 5.11 Å². The summed E-state index contributed by atoms with van der Waals surface area (Å²) in [6.07, 6.45) is 0.